The number of nitrogens with one attached hydrogen (secondary N) is 1. The van der Waals surface area contributed by atoms with Crippen LogP contribution in [-0.2, 0) is 4.79 Å². The molecule has 1 aromatic rings. The second kappa shape index (κ2) is 6.70. The lowest BCUT2D eigenvalue weighted by Gasteiger charge is -2.21. The molecule has 1 saturated heterocycles. The van der Waals surface area contributed by atoms with Crippen LogP contribution in [0.2, 0.25) is 0 Å². The molecular formula is C15H15F2N3O4. The van der Waals surface area contributed by atoms with Gasteiger partial charge in [-0.25, -0.2) is 4.79 Å². The number of hydrogen-bond acceptors (Lipinski definition) is 4. The van der Waals surface area contributed by atoms with Crippen molar-refractivity contribution in [3.63, 3.8) is 0 Å². The molecule has 0 aliphatic carbocycles. The summed E-state index contributed by atoms with van der Waals surface area (Å²) in [5.41, 5.74) is -0.972. The Morgan fingerprint density at radius 2 is 2.21 bits per heavy atom. The number of aliphatic carboxylic acids is 1. The van der Waals surface area contributed by atoms with E-state index in [-0.39, 0.29) is 36.5 Å². The van der Waals surface area contributed by atoms with Gasteiger partial charge >= 0.3 is 18.6 Å². The number of hydrogen-bond donors (Lipinski definition) is 2. The van der Waals surface area contributed by atoms with E-state index in [2.05, 4.69) is 10.1 Å². The predicted octanol–water partition coefficient (Wildman–Crippen LogP) is 2.49. The third-order valence-electron chi connectivity index (χ3n) is 3.84. The first-order valence-corrected chi connectivity index (χ1v) is 7.03. The number of carbonyl (C=O) groups is 2. The van der Waals surface area contributed by atoms with Crippen LogP contribution in [0.3, 0.4) is 0 Å². The fraction of sp³-hybridized carbons (Fsp3) is 0.400. The molecular weight excluding hydrogens is 324 g/mol. The van der Waals surface area contributed by atoms with Crippen LogP contribution in [0.1, 0.15) is 18.9 Å². The van der Waals surface area contributed by atoms with Crippen molar-refractivity contribution in [2.45, 2.75) is 20.0 Å². The van der Waals surface area contributed by atoms with Crippen LogP contribution in [0, 0.1) is 16.7 Å². The third-order valence-corrected chi connectivity index (χ3v) is 3.84. The molecule has 128 valence electrons. The normalized spacial score (nSPS) is 19.9. The predicted molar refractivity (Wildman–Crippen MR) is 78.7 cm³/mol. The number of nitriles is 1. The molecule has 0 spiro atoms. The molecule has 0 aromatic heterocycles. The lowest BCUT2D eigenvalue weighted by molar-refractivity contribution is -0.146. The van der Waals surface area contributed by atoms with Crippen LogP contribution < -0.4 is 10.1 Å². The van der Waals surface area contributed by atoms with E-state index >= 15 is 0 Å². The minimum Gasteiger partial charge on any atom is -0.481 e. The average Bonchev–Trinajstić information content (AvgIpc) is 2.92. The van der Waals surface area contributed by atoms with Gasteiger partial charge in [-0.2, -0.15) is 14.0 Å². The molecule has 0 saturated carbocycles. The van der Waals surface area contributed by atoms with Crippen molar-refractivity contribution in [2.75, 3.05) is 18.4 Å². The highest BCUT2D eigenvalue weighted by molar-refractivity contribution is 5.92. The Morgan fingerprint density at radius 3 is 2.75 bits per heavy atom. The molecule has 0 radical (unpaired) electrons. The minimum atomic E-state index is -3.09. The Hall–Kier alpha value is -2.89. The van der Waals surface area contributed by atoms with Gasteiger partial charge in [-0.05, 0) is 31.5 Å². The molecule has 1 aliphatic heterocycles. The molecule has 1 fully saturated rings. The van der Waals surface area contributed by atoms with E-state index < -0.39 is 24.0 Å². The number of ether oxygens (including phenoxy) is 1. The molecule has 1 unspecified atom stereocenters. The number of carboxylic acids is 1. The second-order valence-electron chi connectivity index (χ2n) is 5.67. The Balaban J connectivity index is 2.17. The summed E-state index contributed by atoms with van der Waals surface area (Å²) < 4.78 is 29.2. The van der Waals surface area contributed by atoms with Gasteiger partial charge in [-0.15, -0.1) is 0 Å². The monoisotopic (exact) mass is 339 g/mol. The largest absolute Gasteiger partial charge is 0.481 e. The van der Waals surface area contributed by atoms with E-state index in [4.69, 9.17) is 5.26 Å². The zero-order valence-corrected chi connectivity index (χ0v) is 12.8. The summed E-state index contributed by atoms with van der Waals surface area (Å²) in [6, 6.07) is 4.84. The Morgan fingerprint density at radius 1 is 1.50 bits per heavy atom. The molecule has 0 bridgehead atoms. The first-order chi connectivity index (χ1) is 11.2. The smallest absolute Gasteiger partial charge is 0.387 e. The van der Waals surface area contributed by atoms with Crippen LogP contribution in [0.5, 0.6) is 5.75 Å². The summed E-state index contributed by atoms with van der Waals surface area (Å²) >= 11 is 0. The van der Waals surface area contributed by atoms with E-state index in [1.807, 2.05) is 6.07 Å². The number of rotatable bonds is 4. The number of halogens is 2. The summed E-state index contributed by atoms with van der Waals surface area (Å²) in [5, 5.41) is 20.5. The standard InChI is InChI=1S/C15H15F2N3O4/c1-15(12(21)22)4-5-20(8-15)14(23)19-10-6-9(7-18)2-3-11(10)24-13(16)17/h2-3,6,13H,4-5,8H2,1H3,(H,19,23)(H,21,22). The molecule has 1 aliphatic rings. The van der Waals surface area contributed by atoms with Crippen molar-refractivity contribution in [3.05, 3.63) is 23.8 Å². The number of anilines is 1. The van der Waals surface area contributed by atoms with Crippen molar-refractivity contribution in [1.82, 2.24) is 4.90 Å². The summed E-state index contributed by atoms with van der Waals surface area (Å²) in [6.07, 6.45) is 0.286. The third kappa shape index (κ3) is 3.71. The summed E-state index contributed by atoms with van der Waals surface area (Å²) in [6.45, 7) is -1.34. The van der Waals surface area contributed by atoms with Crippen molar-refractivity contribution >= 4 is 17.7 Å². The lowest BCUT2D eigenvalue weighted by Crippen LogP contribution is -2.37. The van der Waals surface area contributed by atoms with Gasteiger partial charge in [-0.1, -0.05) is 0 Å². The highest BCUT2D eigenvalue weighted by Crippen LogP contribution is 2.32. The highest BCUT2D eigenvalue weighted by Gasteiger charge is 2.42. The molecule has 24 heavy (non-hydrogen) atoms. The zero-order chi connectivity index (χ0) is 17.9. The summed E-state index contributed by atoms with van der Waals surface area (Å²) in [7, 11) is 0. The van der Waals surface area contributed by atoms with Gasteiger partial charge in [0.05, 0.1) is 22.7 Å². The van der Waals surface area contributed by atoms with E-state index in [0.29, 0.717) is 0 Å². The molecule has 7 nitrogen and oxygen atoms in total. The Bertz CT molecular complexity index is 704. The maximum atomic E-state index is 12.4. The van der Waals surface area contributed by atoms with Gasteiger partial charge in [0.1, 0.15) is 5.75 Å². The number of carbonyl (C=O) groups excluding carboxylic acids is 1. The topological polar surface area (TPSA) is 103 Å². The van der Waals surface area contributed by atoms with Crippen molar-refractivity contribution in [3.8, 4) is 11.8 Å². The van der Waals surface area contributed by atoms with E-state index in [9.17, 15) is 23.5 Å². The Kier molecular flexibility index (Phi) is 4.87. The fourth-order valence-corrected chi connectivity index (χ4v) is 2.40. The van der Waals surface area contributed by atoms with Crippen LogP contribution in [0.15, 0.2) is 18.2 Å². The first kappa shape index (κ1) is 17.5. The number of likely N-dealkylation sites (tertiary alicyclic amines) is 1. The molecule has 1 atom stereocenters. The fourth-order valence-electron chi connectivity index (χ4n) is 2.40. The SMILES string of the molecule is CC1(C(=O)O)CCN(C(=O)Nc2cc(C#N)ccc2OC(F)F)C1. The van der Waals surface area contributed by atoms with Crippen LogP contribution >= 0.6 is 0 Å². The second-order valence-corrected chi connectivity index (χ2v) is 5.67. The van der Waals surface area contributed by atoms with Crippen molar-refractivity contribution in [1.29, 1.82) is 5.26 Å². The van der Waals surface area contributed by atoms with E-state index in [0.717, 1.165) is 6.07 Å². The van der Waals surface area contributed by atoms with Crippen LogP contribution in [0.25, 0.3) is 0 Å². The lowest BCUT2D eigenvalue weighted by atomic mass is 9.90. The van der Waals surface area contributed by atoms with Crippen molar-refractivity contribution < 1.29 is 28.2 Å². The quantitative estimate of drug-likeness (QED) is 0.877. The van der Waals surface area contributed by atoms with Gasteiger partial charge in [0.25, 0.3) is 0 Å². The Labute approximate surface area is 136 Å². The van der Waals surface area contributed by atoms with Gasteiger partial charge in [0.2, 0.25) is 0 Å². The number of nitrogens with zero attached hydrogens (tertiary/aromatic N) is 2. The molecule has 9 heteroatoms. The summed E-state index contributed by atoms with van der Waals surface area (Å²) in [5.74, 6) is -1.29. The number of urea groups is 1. The number of alkyl halides is 2. The average molecular weight is 339 g/mol. The maximum Gasteiger partial charge on any atom is 0.387 e. The minimum absolute atomic E-state index is 0.00283. The van der Waals surface area contributed by atoms with Gasteiger partial charge in [0.15, 0.2) is 0 Å². The molecule has 2 amide bonds. The molecule has 1 aromatic carbocycles. The van der Waals surface area contributed by atoms with E-state index in [1.54, 1.807) is 0 Å². The van der Waals surface area contributed by atoms with Gasteiger partial charge in [0, 0.05) is 13.1 Å². The van der Waals surface area contributed by atoms with Gasteiger partial charge < -0.3 is 20.1 Å². The van der Waals surface area contributed by atoms with Crippen LogP contribution in [0.4, 0.5) is 19.3 Å². The molecule has 2 rings (SSSR count). The first-order valence-electron chi connectivity index (χ1n) is 7.03. The van der Waals surface area contributed by atoms with Gasteiger partial charge in [-0.3, -0.25) is 4.79 Å². The highest BCUT2D eigenvalue weighted by atomic mass is 19.3. The van der Waals surface area contributed by atoms with E-state index in [1.165, 1.54) is 24.0 Å². The zero-order valence-electron chi connectivity index (χ0n) is 12.8. The molecule has 1 heterocycles. The maximum absolute atomic E-state index is 12.4. The number of amides is 2. The summed E-state index contributed by atoms with van der Waals surface area (Å²) in [4.78, 5) is 24.7. The van der Waals surface area contributed by atoms with Crippen molar-refractivity contribution in [2.24, 2.45) is 5.41 Å². The number of carboxylic acid groups (broad SMARTS) is 1. The number of benzene rings is 1. The van der Waals surface area contributed by atoms with Crippen LogP contribution in [-0.4, -0.2) is 41.7 Å². The molecule has 2 N–H and O–H groups in total.